The molecule has 0 amide bonds. The standard InChI is InChI=1S/C15H16N4OS3/c20-23(14-6-2-1-3-7-14)12-11-22-15-16-17-18-19(15)9-8-13-5-4-10-21-13/h1-7,10H,8-9,11-12H2/t23-/m0/s1. The number of nitrogens with zero attached hydrogens (tertiary/aromatic N) is 4. The van der Waals surface area contributed by atoms with Gasteiger partial charge in [0.2, 0.25) is 5.16 Å². The molecule has 3 rings (SSSR count). The third kappa shape index (κ3) is 4.73. The number of rotatable bonds is 8. The Morgan fingerprint density at radius 1 is 1.17 bits per heavy atom. The molecule has 2 heterocycles. The first-order valence-electron chi connectivity index (χ1n) is 7.18. The van der Waals surface area contributed by atoms with Gasteiger partial charge in [-0.2, -0.15) is 0 Å². The van der Waals surface area contributed by atoms with E-state index in [1.165, 1.54) is 4.88 Å². The predicted octanol–water partition coefficient (Wildman–Crippen LogP) is 2.88. The van der Waals surface area contributed by atoms with Crippen LogP contribution in [0.4, 0.5) is 0 Å². The molecule has 0 radical (unpaired) electrons. The van der Waals surface area contributed by atoms with E-state index in [0.717, 1.165) is 28.8 Å². The predicted molar refractivity (Wildman–Crippen MR) is 94.3 cm³/mol. The maximum Gasteiger partial charge on any atom is 0.209 e. The van der Waals surface area contributed by atoms with Gasteiger partial charge >= 0.3 is 0 Å². The minimum atomic E-state index is -0.977. The summed E-state index contributed by atoms with van der Waals surface area (Å²) in [4.78, 5) is 2.19. The summed E-state index contributed by atoms with van der Waals surface area (Å²) in [5.41, 5.74) is 0. The van der Waals surface area contributed by atoms with Gasteiger partial charge in [0, 0.05) is 27.7 Å². The maximum absolute atomic E-state index is 12.2. The number of tetrazole rings is 1. The summed E-state index contributed by atoms with van der Waals surface area (Å²) < 4.78 is 14.0. The lowest BCUT2D eigenvalue weighted by molar-refractivity contribution is 0.551. The first-order valence-corrected chi connectivity index (χ1v) is 10.4. The Labute approximate surface area is 145 Å². The van der Waals surface area contributed by atoms with Gasteiger partial charge in [-0.3, -0.25) is 4.21 Å². The van der Waals surface area contributed by atoms with Crippen LogP contribution >= 0.6 is 23.1 Å². The van der Waals surface area contributed by atoms with Crippen molar-refractivity contribution in [2.45, 2.75) is 23.0 Å². The molecule has 0 aliphatic rings. The molecule has 0 aliphatic heterocycles. The van der Waals surface area contributed by atoms with Gasteiger partial charge in [0.15, 0.2) is 0 Å². The van der Waals surface area contributed by atoms with Crippen LogP contribution in [0.15, 0.2) is 57.9 Å². The van der Waals surface area contributed by atoms with Crippen LogP contribution < -0.4 is 0 Å². The lowest BCUT2D eigenvalue weighted by Gasteiger charge is -2.04. The molecule has 5 nitrogen and oxygen atoms in total. The first-order chi connectivity index (χ1) is 11.3. The molecule has 120 valence electrons. The number of thioether (sulfide) groups is 1. The molecule has 0 aliphatic carbocycles. The Hall–Kier alpha value is -1.51. The normalized spacial score (nSPS) is 12.3. The minimum Gasteiger partial charge on any atom is -0.254 e. The highest BCUT2D eigenvalue weighted by Gasteiger charge is 2.09. The van der Waals surface area contributed by atoms with Crippen molar-refractivity contribution in [3.63, 3.8) is 0 Å². The Bertz CT molecular complexity index is 743. The van der Waals surface area contributed by atoms with E-state index in [2.05, 4.69) is 27.0 Å². The van der Waals surface area contributed by atoms with Crippen molar-refractivity contribution in [3.8, 4) is 0 Å². The molecular weight excluding hydrogens is 348 g/mol. The molecular formula is C15H16N4OS3. The zero-order valence-corrected chi connectivity index (χ0v) is 14.8. The average Bonchev–Trinajstić information content (AvgIpc) is 3.25. The number of aromatic nitrogens is 4. The molecule has 3 aromatic rings. The number of aryl methyl sites for hydroxylation is 2. The molecule has 0 saturated carbocycles. The Balaban J connectivity index is 1.49. The summed E-state index contributed by atoms with van der Waals surface area (Å²) in [7, 11) is -0.977. The van der Waals surface area contributed by atoms with E-state index in [1.807, 2.05) is 41.1 Å². The van der Waals surface area contributed by atoms with Gasteiger partial charge in [0.25, 0.3) is 0 Å². The Morgan fingerprint density at radius 2 is 2.04 bits per heavy atom. The largest absolute Gasteiger partial charge is 0.254 e. The Morgan fingerprint density at radius 3 is 2.83 bits per heavy atom. The minimum absolute atomic E-state index is 0.590. The number of hydrogen-bond donors (Lipinski definition) is 0. The van der Waals surface area contributed by atoms with E-state index in [0.29, 0.717) is 5.75 Å². The summed E-state index contributed by atoms with van der Waals surface area (Å²) in [6, 6.07) is 13.7. The fourth-order valence-corrected chi connectivity index (χ4v) is 4.90. The fraction of sp³-hybridized carbons (Fsp3) is 0.267. The monoisotopic (exact) mass is 364 g/mol. The van der Waals surface area contributed by atoms with Gasteiger partial charge in [0.1, 0.15) is 0 Å². The molecule has 2 aromatic heterocycles. The maximum atomic E-state index is 12.2. The SMILES string of the molecule is O=[S@@](CCSc1nnnn1CCc1cccs1)c1ccccc1. The summed E-state index contributed by atoms with van der Waals surface area (Å²) in [6.45, 7) is 0.762. The second-order valence-corrected chi connectivity index (χ2v) is 8.39. The topological polar surface area (TPSA) is 60.7 Å². The van der Waals surface area contributed by atoms with Crippen molar-refractivity contribution in [1.29, 1.82) is 0 Å². The zero-order chi connectivity index (χ0) is 15.9. The average molecular weight is 365 g/mol. The third-order valence-electron chi connectivity index (χ3n) is 3.16. The van der Waals surface area contributed by atoms with Crippen molar-refractivity contribution >= 4 is 33.9 Å². The van der Waals surface area contributed by atoms with Crippen LogP contribution in [-0.4, -0.2) is 35.9 Å². The van der Waals surface area contributed by atoms with E-state index in [-0.39, 0.29) is 0 Å². The van der Waals surface area contributed by atoms with Crippen molar-refractivity contribution in [2.24, 2.45) is 0 Å². The van der Waals surface area contributed by atoms with Gasteiger partial charge in [0.05, 0.1) is 17.3 Å². The van der Waals surface area contributed by atoms with Gasteiger partial charge in [-0.15, -0.1) is 16.4 Å². The Kier molecular flexibility index (Phi) is 5.95. The summed E-state index contributed by atoms with van der Waals surface area (Å²) in [5.74, 6) is 1.31. The third-order valence-corrected chi connectivity index (χ3v) is 6.68. The smallest absolute Gasteiger partial charge is 0.209 e. The second-order valence-electron chi connectivity index (χ2n) is 4.73. The summed E-state index contributed by atoms with van der Waals surface area (Å²) >= 11 is 3.29. The van der Waals surface area contributed by atoms with Crippen LogP contribution in [0.25, 0.3) is 0 Å². The van der Waals surface area contributed by atoms with Gasteiger partial charge in [-0.05, 0) is 34.0 Å². The van der Waals surface area contributed by atoms with Gasteiger partial charge < -0.3 is 0 Å². The highest BCUT2D eigenvalue weighted by atomic mass is 32.2. The van der Waals surface area contributed by atoms with E-state index in [4.69, 9.17) is 0 Å². The van der Waals surface area contributed by atoms with E-state index >= 15 is 0 Å². The molecule has 0 unspecified atom stereocenters. The quantitative estimate of drug-likeness (QED) is 0.575. The molecule has 0 N–H and O–H groups in total. The molecule has 0 saturated heterocycles. The molecule has 23 heavy (non-hydrogen) atoms. The van der Waals surface area contributed by atoms with Crippen LogP contribution in [0.1, 0.15) is 4.88 Å². The van der Waals surface area contributed by atoms with Crippen LogP contribution in [0.5, 0.6) is 0 Å². The highest BCUT2D eigenvalue weighted by molar-refractivity contribution is 8.00. The van der Waals surface area contributed by atoms with Crippen molar-refractivity contribution in [1.82, 2.24) is 20.2 Å². The van der Waals surface area contributed by atoms with Crippen LogP contribution in [0.2, 0.25) is 0 Å². The lowest BCUT2D eigenvalue weighted by atomic mass is 10.3. The number of thiophene rings is 1. The van der Waals surface area contributed by atoms with Crippen molar-refractivity contribution in [2.75, 3.05) is 11.5 Å². The molecule has 8 heteroatoms. The van der Waals surface area contributed by atoms with Gasteiger partial charge in [-0.25, -0.2) is 4.68 Å². The van der Waals surface area contributed by atoms with Crippen LogP contribution in [-0.2, 0) is 23.8 Å². The fourth-order valence-electron chi connectivity index (χ4n) is 2.01. The molecule has 0 bridgehead atoms. The number of benzene rings is 1. The van der Waals surface area contributed by atoms with Crippen LogP contribution in [0.3, 0.4) is 0 Å². The van der Waals surface area contributed by atoms with E-state index in [9.17, 15) is 4.21 Å². The molecule has 1 atom stereocenters. The van der Waals surface area contributed by atoms with Crippen LogP contribution in [0, 0.1) is 0 Å². The molecule has 0 spiro atoms. The van der Waals surface area contributed by atoms with E-state index in [1.54, 1.807) is 23.1 Å². The molecule has 0 fully saturated rings. The number of hydrogen-bond acceptors (Lipinski definition) is 6. The van der Waals surface area contributed by atoms with Gasteiger partial charge in [-0.1, -0.05) is 36.0 Å². The lowest BCUT2D eigenvalue weighted by Crippen LogP contribution is -2.06. The van der Waals surface area contributed by atoms with Crippen molar-refractivity contribution in [3.05, 3.63) is 52.7 Å². The zero-order valence-electron chi connectivity index (χ0n) is 12.4. The summed E-state index contributed by atoms with van der Waals surface area (Å²) in [5, 5.41) is 14.7. The van der Waals surface area contributed by atoms with E-state index < -0.39 is 10.8 Å². The molecule has 1 aromatic carbocycles. The summed E-state index contributed by atoms with van der Waals surface area (Å²) in [6.07, 6.45) is 0.923. The van der Waals surface area contributed by atoms with Crippen molar-refractivity contribution < 1.29 is 4.21 Å². The highest BCUT2D eigenvalue weighted by Crippen LogP contribution is 2.17. The first kappa shape index (κ1) is 16.4. The second kappa shape index (κ2) is 8.37.